The summed E-state index contributed by atoms with van der Waals surface area (Å²) in [6.07, 6.45) is 0.898. The molecule has 25 heavy (non-hydrogen) atoms. The van der Waals surface area contributed by atoms with Crippen molar-refractivity contribution in [1.29, 1.82) is 0 Å². The Kier molecular flexibility index (Phi) is 6.56. The third kappa shape index (κ3) is 5.09. The first-order valence-electron chi connectivity index (χ1n) is 8.08. The van der Waals surface area contributed by atoms with Crippen LogP contribution in [0.3, 0.4) is 0 Å². The smallest absolute Gasteiger partial charge is 0.144 e. The highest BCUT2D eigenvalue weighted by Gasteiger charge is 2.18. The maximum Gasteiger partial charge on any atom is 0.144 e. The fraction of sp³-hybridized carbons (Fsp3) is 0.471. The molecule has 8 heteroatoms. The first kappa shape index (κ1) is 18.5. The Morgan fingerprint density at radius 2 is 2.12 bits per heavy atom. The summed E-state index contributed by atoms with van der Waals surface area (Å²) < 4.78 is 10.9. The molecule has 1 saturated heterocycles. The van der Waals surface area contributed by atoms with E-state index in [4.69, 9.17) is 37.5 Å². The molecule has 1 aromatic carbocycles. The van der Waals surface area contributed by atoms with E-state index < -0.39 is 6.10 Å². The molecule has 0 aromatic heterocycles. The van der Waals surface area contributed by atoms with Crippen LogP contribution in [0.5, 0.6) is 5.75 Å². The molecule has 1 atom stereocenters. The number of aliphatic hydroxyl groups is 1. The van der Waals surface area contributed by atoms with Gasteiger partial charge in [-0.15, -0.1) is 0 Å². The van der Waals surface area contributed by atoms with Crippen molar-refractivity contribution in [2.75, 3.05) is 46.1 Å². The summed E-state index contributed by atoms with van der Waals surface area (Å²) in [4.78, 5) is 7.32. The summed E-state index contributed by atoms with van der Waals surface area (Å²) in [5.41, 5.74) is 1.42. The third-order valence-corrected chi connectivity index (χ3v) is 4.65. The number of rotatable bonds is 6. The van der Waals surface area contributed by atoms with Gasteiger partial charge in [-0.3, -0.25) is 4.90 Å². The fourth-order valence-corrected chi connectivity index (χ4v) is 3.07. The van der Waals surface area contributed by atoms with E-state index >= 15 is 0 Å². The zero-order chi connectivity index (χ0) is 17.6. The average Bonchev–Trinajstić information content (AvgIpc) is 2.62. The molecule has 1 N–H and O–H groups in total. The summed E-state index contributed by atoms with van der Waals surface area (Å²) in [5.74, 6) is 0.688. The molecule has 0 radical (unpaired) electrons. The predicted octanol–water partition coefficient (Wildman–Crippen LogP) is 2.38. The maximum atomic E-state index is 9.99. The molecule has 0 unspecified atom stereocenters. The van der Waals surface area contributed by atoms with Crippen molar-refractivity contribution in [2.45, 2.75) is 6.10 Å². The predicted molar refractivity (Wildman–Crippen MR) is 97.4 cm³/mol. The van der Waals surface area contributed by atoms with E-state index in [1.165, 1.54) is 6.21 Å². The molecule has 1 fully saturated rings. The molecule has 0 aliphatic carbocycles. The lowest BCUT2D eigenvalue weighted by Crippen LogP contribution is -2.42. The Hall–Kier alpha value is -1.31. The van der Waals surface area contributed by atoms with Gasteiger partial charge in [0.05, 0.1) is 24.5 Å². The second-order valence-corrected chi connectivity index (χ2v) is 6.68. The van der Waals surface area contributed by atoms with E-state index in [0.717, 1.165) is 18.7 Å². The zero-order valence-electron chi connectivity index (χ0n) is 13.7. The number of nitrogens with zero attached hydrogens (tertiary/aromatic N) is 2. The molecule has 2 aliphatic heterocycles. The number of ether oxygens (including phenoxy) is 2. The van der Waals surface area contributed by atoms with Gasteiger partial charge < -0.3 is 19.4 Å². The van der Waals surface area contributed by atoms with Crippen LogP contribution in [0.2, 0.25) is 5.02 Å². The van der Waals surface area contributed by atoms with Crippen molar-refractivity contribution in [1.82, 2.24) is 4.90 Å². The number of hydrogen-bond acceptors (Lipinski definition) is 6. The van der Waals surface area contributed by atoms with Crippen molar-refractivity contribution in [2.24, 2.45) is 5.16 Å². The molecule has 1 aromatic rings. The lowest BCUT2D eigenvalue weighted by molar-refractivity contribution is -0.0128. The van der Waals surface area contributed by atoms with Gasteiger partial charge in [0.15, 0.2) is 0 Å². The Bertz CT molecular complexity index is 660. The molecular weight excluding hydrogens is 367 g/mol. The minimum Gasteiger partial charge on any atom is -0.488 e. The van der Waals surface area contributed by atoms with E-state index in [-0.39, 0.29) is 6.61 Å². The number of hydrogen-bond donors (Lipinski definition) is 1. The van der Waals surface area contributed by atoms with Crippen LogP contribution >= 0.6 is 23.2 Å². The minimum atomic E-state index is -0.609. The molecular formula is C17H20Cl2N2O4. The Morgan fingerprint density at radius 1 is 1.32 bits per heavy atom. The normalized spacial score (nSPS) is 19.6. The number of β-amino-alcohol motifs (C(OH)–C–C–N with tert-alkyl or cyclic N) is 1. The summed E-state index contributed by atoms with van der Waals surface area (Å²) in [6.45, 7) is 3.99. The maximum absolute atomic E-state index is 9.99. The van der Waals surface area contributed by atoms with E-state index in [2.05, 4.69) is 10.1 Å². The van der Waals surface area contributed by atoms with Crippen LogP contribution in [0.4, 0.5) is 0 Å². The Morgan fingerprint density at radius 3 is 2.92 bits per heavy atom. The number of aliphatic hydroxyl groups excluding tert-OH is 1. The third-order valence-electron chi connectivity index (χ3n) is 3.97. The van der Waals surface area contributed by atoms with E-state index in [9.17, 15) is 5.11 Å². The number of fused-ring (bicyclic) bond motifs is 1. The Labute approximate surface area is 156 Å². The van der Waals surface area contributed by atoms with E-state index in [0.29, 0.717) is 47.7 Å². The standard InChI is InChI=1S/C17H20Cl2N2O4/c18-13-1-2-16-15(7-13)17(19)12(10-24-16)8-20-25-11-14(22)9-21-3-5-23-6-4-21/h1-2,7-8,14,22H,3-6,9-11H2/b20-8-/t14-/m0/s1. The van der Waals surface area contributed by atoms with Crippen LogP contribution in [-0.2, 0) is 9.57 Å². The Balaban J connectivity index is 1.51. The number of oxime groups is 1. The molecule has 3 rings (SSSR count). The van der Waals surface area contributed by atoms with Gasteiger partial charge in [-0.25, -0.2) is 0 Å². The molecule has 0 saturated carbocycles. The molecule has 2 heterocycles. The van der Waals surface area contributed by atoms with E-state index in [1.54, 1.807) is 18.2 Å². The van der Waals surface area contributed by atoms with Crippen molar-refractivity contribution < 1.29 is 19.4 Å². The highest BCUT2D eigenvalue weighted by atomic mass is 35.5. The van der Waals surface area contributed by atoms with E-state index in [1.807, 2.05) is 0 Å². The lowest BCUT2D eigenvalue weighted by Gasteiger charge is -2.28. The second-order valence-electron chi connectivity index (χ2n) is 5.87. The van der Waals surface area contributed by atoms with Gasteiger partial charge in [-0.2, -0.15) is 0 Å². The molecule has 0 bridgehead atoms. The first-order chi connectivity index (χ1) is 12.1. The van der Waals surface area contributed by atoms with Crippen molar-refractivity contribution in [3.63, 3.8) is 0 Å². The van der Waals surface area contributed by atoms with Gasteiger partial charge in [-0.1, -0.05) is 28.4 Å². The van der Waals surface area contributed by atoms with Crippen molar-refractivity contribution >= 4 is 34.4 Å². The van der Waals surface area contributed by atoms with Gasteiger partial charge in [-0.05, 0) is 18.2 Å². The monoisotopic (exact) mass is 386 g/mol. The molecule has 136 valence electrons. The van der Waals surface area contributed by atoms with Crippen LogP contribution in [0.15, 0.2) is 28.9 Å². The van der Waals surface area contributed by atoms with Crippen molar-refractivity contribution in [3.8, 4) is 5.75 Å². The summed E-state index contributed by atoms with van der Waals surface area (Å²) >= 11 is 12.4. The summed E-state index contributed by atoms with van der Waals surface area (Å²) in [6, 6.07) is 5.29. The second kappa shape index (κ2) is 8.87. The van der Waals surface area contributed by atoms with Crippen LogP contribution in [-0.4, -0.2) is 68.4 Å². The van der Waals surface area contributed by atoms with Crippen LogP contribution in [0.25, 0.3) is 5.03 Å². The number of benzene rings is 1. The lowest BCUT2D eigenvalue weighted by atomic mass is 10.1. The highest BCUT2D eigenvalue weighted by Crippen LogP contribution is 2.36. The van der Waals surface area contributed by atoms with Gasteiger partial charge in [0.25, 0.3) is 0 Å². The topological polar surface area (TPSA) is 63.5 Å². The van der Waals surface area contributed by atoms with Gasteiger partial charge in [0.2, 0.25) is 0 Å². The largest absolute Gasteiger partial charge is 0.488 e. The van der Waals surface area contributed by atoms with Gasteiger partial charge in [0.1, 0.15) is 25.1 Å². The number of halogens is 2. The molecule has 0 amide bonds. The minimum absolute atomic E-state index is 0.113. The first-order valence-corrected chi connectivity index (χ1v) is 8.84. The molecule has 0 spiro atoms. The quantitative estimate of drug-likeness (QED) is 0.600. The van der Waals surface area contributed by atoms with Crippen LogP contribution < -0.4 is 4.74 Å². The highest BCUT2D eigenvalue weighted by molar-refractivity contribution is 6.51. The van der Waals surface area contributed by atoms with Crippen molar-refractivity contribution in [3.05, 3.63) is 34.4 Å². The summed E-state index contributed by atoms with van der Waals surface area (Å²) in [7, 11) is 0. The van der Waals surface area contributed by atoms with Crippen LogP contribution in [0.1, 0.15) is 5.56 Å². The number of morpholine rings is 1. The molecule has 2 aliphatic rings. The fourth-order valence-electron chi connectivity index (χ4n) is 2.65. The SMILES string of the molecule is O[C@H](CO/N=C\C1=C(Cl)c2cc(Cl)ccc2OC1)CN1CCOCC1. The summed E-state index contributed by atoms with van der Waals surface area (Å²) in [5, 5.41) is 15.0. The average molecular weight is 387 g/mol. The van der Waals surface area contributed by atoms with Gasteiger partial charge in [0, 0.05) is 35.8 Å². The van der Waals surface area contributed by atoms with Gasteiger partial charge >= 0.3 is 0 Å². The molecule has 6 nitrogen and oxygen atoms in total. The zero-order valence-corrected chi connectivity index (χ0v) is 15.2. The van der Waals surface area contributed by atoms with Crippen LogP contribution in [0, 0.1) is 0 Å².